The highest BCUT2D eigenvalue weighted by Crippen LogP contribution is 2.20. The molecule has 1 unspecified atom stereocenters. The average Bonchev–Trinajstić information content (AvgIpc) is 2.50. The minimum Gasteiger partial charge on any atom is -0.496 e. The van der Waals surface area contributed by atoms with Gasteiger partial charge in [-0.3, -0.25) is 5.32 Å². The fraction of sp³-hybridized carbons (Fsp3) is 0.188. The normalized spacial score (nSPS) is 11.7. The third kappa shape index (κ3) is 3.14. The van der Waals surface area contributed by atoms with Crippen LogP contribution in [0, 0.1) is 17.1 Å². The van der Waals surface area contributed by atoms with Gasteiger partial charge in [0.2, 0.25) is 0 Å². The van der Waals surface area contributed by atoms with Crippen LogP contribution in [-0.2, 0) is 6.54 Å². The molecule has 4 heteroatoms. The Balaban J connectivity index is 2.13. The van der Waals surface area contributed by atoms with Gasteiger partial charge in [-0.25, -0.2) is 4.39 Å². The topological polar surface area (TPSA) is 45.0 Å². The van der Waals surface area contributed by atoms with E-state index < -0.39 is 6.04 Å². The first-order chi connectivity index (χ1) is 9.76. The summed E-state index contributed by atoms with van der Waals surface area (Å²) in [5.74, 6) is 0.358. The number of nitrogens with zero attached hydrogens (tertiary/aromatic N) is 1. The number of hydrogen-bond donors (Lipinski definition) is 1. The monoisotopic (exact) mass is 270 g/mol. The van der Waals surface area contributed by atoms with Crippen molar-refractivity contribution in [3.8, 4) is 11.8 Å². The van der Waals surface area contributed by atoms with Crippen molar-refractivity contribution in [3.63, 3.8) is 0 Å². The van der Waals surface area contributed by atoms with Gasteiger partial charge in [-0.1, -0.05) is 36.4 Å². The van der Waals surface area contributed by atoms with E-state index in [0.717, 1.165) is 11.3 Å². The van der Waals surface area contributed by atoms with Gasteiger partial charge in [0.05, 0.1) is 13.2 Å². The fourth-order valence-corrected chi connectivity index (χ4v) is 2.00. The number of halogens is 1. The van der Waals surface area contributed by atoms with Crippen LogP contribution in [0.1, 0.15) is 17.2 Å². The first-order valence-corrected chi connectivity index (χ1v) is 6.25. The lowest BCUT2D eigenvalue weighted by atomic mass is 10.1. The summed E-state index contributed by atoms with van der Waals surface area (Å²) in [7, 11) is 1.59. The van der Waals surface area contributed by atoms with E-state index in [4.69, 9.17) is 4.74 Å². The highest BCUT2D eigenvalue weighted by atomic mass is 19.1. The summed E-state index contributed by atoms with van der Waals surface area (Å²) in [5.41, 5.74) is 1.27. The Morgan fingerprint density at radius 2 is 1.90 bits per heavy atom. The van der Waals surface area contributed by atoms with Crippen LogP contribution in [-0.4, -0.2) is 7.11 Å². The van der Waals surface area contributed by atoms with E-state index in [9.17, 15) is 9.65 Å². The molecule has 2 aromatic rings. The van der Waals surface area contributed by atoms with Gasteiger partial charge in [-0.2, -0.15) is 5.26 Å². The Bertz CT molecular complexity index is 622. The summed E-state index contributed by atoms with van der Waals surface area (Å²) >= 11 is 0. The van der Waals surface area contributed by atoms with Gasteiger partial charge < -0.3 is 4.74 Å². The SMILES string of the molecule is COc1ccccc1CNC(C#N)c1ccccc1F. The summed E-state index contributed by atoms with van der Waals surface area (Å²) in [5, 5.41) is 12.2. The molecule has 0 saturated heterocycles. The van der Waals surface area contributed by atoms with Gasteiger partial charge in [-0.05, 0) is 12.1 Å². The molecule has 0 fully saturated rings. The number of benzene rings is 2. The van der Waals surface area contributed by atoms with Crippen LogP contribution in [0.3, 0.4) is 0 Å². The molecule has 0 spiro atoms. The molecule has 0 aliphatic carbocycles. The van der Waals surface area contributed by atoms with E-state index in [1.165, 1.54) is 6.07 Å². The van der Waals surface area contributed by atoms with Crippen molar-refractivity contribution in [2.24, 2.45) is 0 Å². The van der Waals surface area contributed by atoms with E-state index in [2.05, 4.69) is 11.4 Å². The van der Waals surface area contributed by atoms with E-state index in [-0.39, 0.29) is 5.82 Å². The molecule has 1 atom stereocenters. The van der Waals surface area contributed by atoms with Gasteiger partial charge in [-0.15, -0.1) is 0 Å². The van der Waals surface area contributed by atoms with Crippen molar-refractivity contribution in [1.29, 1.82) is 5.26 Å². The Kier molecular flexibility index (Phi) is 4.70. The molecular weight excluding hydrogens is 255 g/mol. The molecule has 0 aliphatic heterocycles. The van der Waals surface area contributed by atoms with Gasteiger partial charge in [0.1, 0.15) is 17.6 Å². The third-order valence-corrected chi connectivity index (χ3v) is 3.03. The number of nitrogens with one attached hydrogen (secondary N) is 1. The third-order valence-electron chi connectivity index (χ3n) is 3.03. The predicted molar refractivity (Wildman–Crippen MR) is 74.6 cm³/mol. The zero-order valence-electron chi connectivity index (χ0n) is 11.1. The van der Waals surface area contributed by atoms with Crippen molar-refractivity contribution in [3.05, 3.63) is 65.5 Å². The highest BCUT2D eigenvalue weighted by Gasteiger charge is 2.14. The summed E-state index contributed by atoms with van der Waals surface area (Å²) in [6.45, 7) is 0.427. The van der Waals surface area contributed by atoms with Crippen LogP contribution < -0.4 is 10.1 Å². The maximum absolute atomic E-state index is 13.7. The first kappa shape index (κ1) is 14.0. The summed E-state index contributed by atoms with van der Waals surface area (Å²) in [4.78, 5) is 0. The molecule has 0 heterocycles. The number of methoxy groups -OCH3 is 1. The number of hydrogen-bond acceptors (Lipinski definition) is 3. The van der Waals surface area contributed by atoms with Gasteiger partial charge in [0, 0.05) is 17.7 Å². The second-order valence-corrected chi connectivity index (χ2v) is 4.28. The van der Waals surface area contributed by atoms with Crippen LogP contribution in [0.5, 0.6) is 5.75 Å². The summed E-state index contributed by atoms with van der Waals surface area (Å²) < 4.78 is 18.9. The molecule has 2 aromatic carbocycles. The Labute approximate surface area is 117 Å². The maximum Gasteiger partial charge on any atom is 0.129 e. The van der Waals surface area contributed by atoms with E-state index >= 15 is 0 Å². The molecule has 0 radical (unpaired) electrons. The van der Waals surface area contributed by atoms with Crippen molar-refractivity contribution in [2.75, 3.05) is 7.11 Å². The number of ether oxygens (including phenoxy) is 1. The zero-order valence-corrected chi connectivity index (χ0v) is 11.1. The molecule has 0 aromatic heterocycles. The first-order valence-electron chi connectivity index (χ1n) is 6.25. The quantitative estimate of drug-likeness (QED) is 0.907. The lowest BCUT2D eigenvalue weighted by Crippen LogP contribution is -2.20. The number of rotatable bonds is 5. The second kappa shape index (κ2) is 6.69. The Hall–Kier alpha value is -2.38. The largest absolute Gasteiger partial charge is 0.496 e. The van der Waals surface area contributed by atoms with E-state index in [1.54, 1.807) is 25.3 Å². The molecule has 0 aliphatic rings. The summed E-state index contributed by atoms with van der Waals surface area (Å²) in [6, 6.07) is 15.2. The molecule has 3 nitrogen and oxygen atoms in total. The smallest absolute Gasteiger partial charge is 0.129 e. The summed E-state index contributed by atoms with van der Waals surface area (Å²) in [6.07, 6.45) is 0. The number of nitriles is 1. The number of para-hydroxylation sites is 1. The second-order valence-electron chi connectivity index (χ2n) is 4.28. The lowest BCUT2D eigenvalue weighted by Gasteiger charge is -2.14. The van der Waals surface area contributed by atoms with Crippen LogP contribution in [0.15, 0.2) is 48.5 Å². The fourth-order valence-electron chi connectivity index (χ4n) is 2.00. The van der Waals surface area contributed by atoms with Crippen LogP contribution in [0.25, 0.3) is 0 Å². The van der Waals surface area contributed by atoms with Gasteiger partial charge >= 0.3 is 0 Å². The molecular formula is C16H15FN2O. The Morgan fingerprint density at radius 1 is 1.20 bits per heavy atom. The van der Waals surface area contributed by atoms with E-state index in [1.807, 2.05) is 24.3 Å². The molecule has 102 valence electrons. The molecule has 0 saturated carbocycles. The molecule has 2 rings (SSSR count). The molecule has 20 heavy (non-hydrogen) atoms. The standard InChI is InChI=1S/C16H15FN2O/c1-20-16-9-5-2-6-12(16)11-19-15(10-18)13-7-3-4-8-14(13)17/h2-9,15,19H,11H2,1H3. The zero-order chi connectivity index (χ0) is 14.4. The van der Waals surface area contributed by atoms with Crippen LogP contribution >= 0.6 is 0 Å². The maximum atomic E-state index is 13.7. The van der Waals surface area contributed by atoms with E-state index in [0.29, 0.717) is 12.1 Å². The van der Waals surface area contributed by atoms with Crippen LogP contribution in [0.4, 0.5) is 4.39 Å². The predicted octanol–water partition coefficient (Wildman–Crippen LogP) is 3.19. The Morgan fingerprint density at radius 3 is 2.60 bits per heavy atom. The van der Waals surface area contributed by atoms with Crippen molar-refractivity contribution in [2.45, 2.75) is 12.6 Å². The van der Waals surface area contributed by atoms with Crippen LogP contribution in [0.2, 0.25) is 0 Å². The molecule has 1 N–H and O–H groups in total. The highest BCUT2D eigenvalue weighted by molar-refractivity contribution is 5.33. The van der Waals surface area contributed by atoms with Gasteiger partial charge in [0.25, 0.3) is 0 Å². The van der Waals surface area contributed by atoms with Crippen molar-refractivity contribution < 1.29 is 9.13 Å². The lowest BCUT2D eigenvalue weighted by molar-refractivity contribution is 0.406. The minimum absolute atomic E-state index is 0.352. The van der Waals surface area contributed by atoms with Crippen molar-refractivity contribution >= 4 is 0 Å². The average molecular weight is 270 g/mol. The van der Waals surface area contributed by atoms with Gasteiger partial charge in [0.15, 0.2) is 0 Å². The molecule has 0 bridgehead atoms. The molecule has 0 amide bonds. The minimum atomic E-state index is -0.693. The van der Waals surface area contributed by atoms with Crippen molar-refractivity contribution in [1.82, 2.24) is 5.32 Å².